The summed E-state index contributed by atoms with van der Waals surface area (Å²) in [4.78, 5) is 12.4. The Bertz CT molecular complexity index is 650. The maximum atomic E-state index is 12.4. The second kappa shape index (κ2) is 7.64. The van der Waals surface area contributed by atoms with Crippen molar-refractivity contribution in [2.75, 3.05) is 11.9 Å². The third-order valence-corrected chi connectivity index (χ3v) is 3.49. The molecule has 116 valence electrons. The molecule has 22 heavy (non-hydrogen) atoms. The van der Waals surface area contributed by atoms with Crippen LogP contribution in [0.2, 0.25) is 0 Å². The smallest absolute Gasteiger partial charge is 0.255 e. The van der Waals surface area contributed by atoms with Gasteiger partial charge in [-0.2, -0.15) is 0 Å². The Morgan fingerprint density at radius 2 is 1.95 bits per heavy atom. The van der Waals surface area contributed by atoms with E-state index in [1.165, 1.54) is 5.56 Å². The van der Waals surface area contributed by atoms with E-state index in [4.69, 9.17) is 4.74 Å². The molecule has 0 radical (unpaired) electrons. The SMILES string of the molecule is CCCCOc1cccc(C(=O)Nc2ccc(C)cc2C)c1. The lowest BCUT2D eigenvalue weighted by molar-refractivity contribution is 0.102. The summed E-state index contributed by atoms with van der Waals surface area (Å²) in [7, 11) is 0. The predicted octanol–water partition coefficient (Wildman–Crippen LogP) is 4.73. The van der Waals surface area contributed by atoms with Crippen molar-refractivity contribution in [3.63, 3.8) is 0 Å². The monoisotopic (exact) mass is 297 g/mol. The summed E-state index contributed by atoms with van der Waals surface area (Å²) in [5, 5.41) is 2.95. The summed E-state index contributed by atoms with van der Waals surface area (Å²) in [6.45, 7) is 6.83. The summed E-state index contributed by atoms with van der Waals surface area (Å²) in [6, 6.07) is 13.3. The molecule has 0 aliphatic heterocycles. The molecule has 0 aliphatic carbocycles. The minimum absolute atomic E-state index is 0.118. The molecule has 0 fully saturated rings. The van der Waals surface area contributed by atoms with E-state index in [1.807, 2.05) is 38.1 Å². The number of aryl methyl sites for hydroxylation is 2. The second-order valence-electron chi connectivity index (χ2n) is 5.50. The first-order valence-corrected chi connectivity index (χ1v) is 7.71. The van der Waals surface area contributed by atoms with Gasteiger partial charge in [0.1, 0.15) is 5.75 Å². The van der Waals surface area contributed by atoms with Gasteiger partial charge in [0.25, 0.3) is 5.91 Å². The van der Waals surface area contributed by atoms with Crippen LogP contribution in [0, 0.1) is 13.8 Å². The zero-order chi connectivity index (χ0) is 15.9. The van der Waals surface area contributed by atoms with E-state index in [2.05, 4.69) is 18.3 Å². The standard InChI is InChI=1S/C19H23NO2/c1-4-5-11-22-17-8-6-7-16(13-17)19(21)20-18-10-9-14(2)12-15(18)3/h6-10,12-13H,4-5,11H2,1-3H3,(H,20,21). The molecular formula is C19H23NO2. The van der Waals surface area contributed by atoms with Crippen molar-refractivity contribution < 1.29 is 9.53 Å². The Balaban J connectivity index is 2.07. The van der Waals surface area contributed by atoms with Crippen LogP contribution in [0.4, 0.5) is 5.69 Å². The number of unbranched alkanes of at least 4 members (excludes halogenated alkanes) is 1. The molecular weight excluding hydrogens is 274 g/mol. The Hall–Kier alpha value is -2.29. The molecule has 0 spiro atoms. The normalized spacial score (nSPS) is 10.3. The zero-order valence-electron chi connectivity index (χ0n) is 13.5. The molecule has 3 heteroatoms. The summed E-state index contributed by atoms with van der Waals surface area (Å²) in [5.41, 5.74) is 3.69. The lowest BCUT2D eigenvalue weighted by Gasteiger charge is -2.10. The van der Waals surface area contributed by atoms with Crippen LogP contribution in [0.1, 0.15) is 41.3 Å². The van der Waals surface area contributed by atoms with Gasteiger partial charge in [-0.25, -0.2) is 0 Å². The molecule has 3 nitrogen and oxygen atoms in total. The van der Waals surface area contributed by atoms with Crippen molar-refractivity contribution in [2.45, 2.75) is 33.6 Å². The number of amides is 1. The Labute approximate surface area is 132 Å². The molecule has 1 N–H and O–H groups in total. The van der Waals surface area contributed by atoms with Crippen LogP contribution in [-0.4, -0.2) is 12.5 Å². The quantitative estimate of drug-likeness (QED) is 0.782. The van der Waals surface area contributed by atoms with Gasteiger partial charge >= 0.3 is 0 Å². The fourth-order valence-corrected chi connectivity index (χ4v) is 2.21. The van der Waals surface area contributed by atoms with Gasteiger partial charge in [-0.1, -0.05) is 37.1 Å². The number of hydrogen-bond donors (Lipinski definition) is 1. The molecule has 0 saturated heterocycles. The first-order valence-electron chi connectivity index (χ1n) is 7.71. The van der Waals surface area contributed by atoms with E-state index in [0.717, 1.165) is 29.8 Å². The molecule has 2 aromatic rings. The molecule has 0 aromatic heterocycles. The molecule has 0 bridgehead atoms. The van der Waals surface area contributed by atoms with Gasteiger partial charge in [-0.05, 0) is 50.1 Å². The number of carbonyl (C=O) groups is 1. The van der Waals surface area contributed by atoms with Crippen molar-refractivity contribution in [1.82, 2.24) is 0 Å². The minimum Gasteiger partial charge on any atom is -0.494 e. The lowest BCUT2D eigenvalue weighted by Crippen LogP contribution is -2.13. The highest BCUT2D eigenvalue weighted by Crippen LogP contribution is 2.19. The van der Waals surface area contributed by atoms with Crippen LogP contribution in [0.3, 0.4) is 0 Å². The summed E-state index contributed by atoms with van der Waals surface area (Å²) in [6.07, 6.45) is 2.10. The third-order valence-electron chi connectivity index (χ3n) is 3.49. The van der Waals surface area contributed by atoms with Crippen molar-refractivity contribution in [1.29, 1.82) is 0 Å². The van der Waals surface area contributed by atoms with Crippen LogP contribution in [0.15, 0.2) is 42.5 Å². The van der Waals surface area contributed by atoms with Crippen molar-refractivity contribution >= 4 is 11.6 Å². The minimum atomic E-state index is -0.118. The van der Waals surface area contributed by atoms with Crippen LogP contribution in [0.25, 0.3) is 0 Å². The molecule has 2 rings (SSSR count). The highest BCUT2D eigenvalue weighted by molar-refractivity contribution is 6.04. The Morgan fingerprint density at radius 3 is 2.68 bits per heavy atom. The largest absolute Gasteiger partial charge is 0.494 e. The molecule has 0 unspecified atom stereocenters. The zero-order valence-corrected chi connectivity index (χ0v) is 13.5. The first-order chi connectivity index (χ1) is 10.6. The number of anilines is 1. The predicted molar refractivity (Wildman–Crippen MR) is 90.7 cm³/mol. The number of ether oxygens (including phenoxy) is 1. The van der Waals surface area contributed by atoms with E-state index in [0.29, 0.717) is 12.2 Å². The summed E-state index contributed by atoms with van der Waals surface area (Å²) in [5.74, 6) is 0.620. The lowest BCUT2D eigenvalue weighted by atomic mass is 10.1. The molecule has 0 saturated carbocycles. The van der Waals surface area contributed by atoms with Gasteiger partial charge in [0, 0.05) is 11.3 Å². The number of carbonyl (C=O) groups excluding carboxylic acids is 1. The molecule has 0 atom stereocenters. The van der Waals surface area contributed by atoms with E-state index < -0.39 is 0 Å². The van der Waals surface area contributed by atoms with E-state index in [9.17, 15) is 4.79 Å². The van der Waals surface area contributed by atoms with Gasteiger partial charge in [0.2, 0.25) is 0 Å². The molecule has 0 heterocycles. The highest BCUT2D eigenvalue weighted by Gasteiger charge is 2.09. The van der Waals surface area contributed by atoms with E-state index >= 15 is 0 Å². The van der Waals surface area contributed by atoms with Crippen molar-refractivity contribution in [3.8, 4) is 5.75 Å². The van der Waals surface area contributed by atoms with Gasteiger partial charge in [0.15, 0.2) is 0 Å². The second-order valence-corrected chi connectivity index (χ2v) is 5.50. The van der Waals surface area contributed by atoms with Gasteiger partial charge in [-0.3, -0.25) is 4.79 Å². The first kappa shape index (κ1) is 16.1. The van der Waals surface area contributed by atoms with Crippen molar-refractivity contribution in [2.24, 2.45) is 0 Å². The van der Waals surface area contributed by atoms with Crippen LogP contribution in [-0.2, 0) is 0 Å². The molecule has 2 aromatic carbocycles. The summed E-state index contributed by atoms with van der Waals surface area (Å²) >= 11 is 0. The molecule has 0 aliphatic rings. The van der Waals surface area contributed by atoms with Gasteiger partial charge < -0.3 is 10.1 Å². The van der Waals surface area contributed by atoms with Gasteiger partial charge in [0.05, 0.1) is 6.61 Å². The average molecular weight is 297 g/mol. The third kappa shape index (κ3) is 4.35. The number of nitrogens with one attached hydrogen (secondary N) is 1. The number of hydrogen-bond acceptors (Lipinski definition) is 2. The van der Waals surface area contributed by atoms with Crippen LogP contribution < -0.4 is 10.1 Å². The highest BCUT2D eigenvalue weighted by atomic mass is 16.5. The maximum Gasteiger partial charge on any atom is 0.255 e. The number of benzene rings is 2. The van der Waals surface area contributed by atoms with E-state index in [-0.39, 0.29) is 5.91 Å². The fraction of sp³-hybridized carbons (Fsp3) is 0.316. The van der Waals surface area contributed by atoms with Crippen LogP contribution >= 0.6 is 0 Å². The van der Waals surface area contributed by atoms with Gasteiger partial charge in [-0.15, -0.1) is 0 Å². The topological polar surface area (TPSA) is 38.3 Å². The van der Waals surface area contributed by atoms with E-state index in [1.54, 1.807) is 12.1 Å². The Kier molecular flexibility index (Phi) is 5.59. The van der Waals surface area contributed by atoms with Crippen molar-refractivity contribution in [3.05, 3.63) is 59.2 Å². The number of rotatable bonds is 6. The average Bonchev–Trinajstić information content (AvgIpc) is 2.50. The fourth-order valence-electron chi connectivity index (χ4n) is 2.21. The van der Waals surface area contributed by atoms with Crippen LogP contribution in [0.5, 0.6) is 5.75 Å². The summed E-state index contributed by atoms with van der Waals surface area (Å²) < 4.78 is 5.65. The molecule has 1 amide bonds. The Morgan fingerprint density at radius 1 is 1.14 bits per heavy atom. The maximum absolute atomic E-state index is 12.4.